The molecule has 0 rings (SSSR count). The lowest BCUT2D eigenvalue weighted by molar-refractivity contribution is 0.617. The summed E-state index contributed by atoms with van der Waals surface area (Å²) in [5.74, 6) is 0.620. The fraction of sp³-hybridized carbons (Fsp3) is 0.375. The number of hydrogen-bond acceptors (Lipinski definition) is 4. The summed E-state index contributed by atoms with van der Waals surface area (Å²) >= 11 is 0. The Balaban J connectivity index is 5.01. The second-order valence-electron chi connectivity index (χ2n) is 2.54. The van der Waals surface area contributed by atoms with Crippen LogP contribution in [0.2, 0.25) is 0 Å². The number of nitriles is 2. The highest BCUT2D eigenvalue weighted by atomic mass is 15.1. The number of nitrogens with zero attached hydrogens (tertiary/aromatic N) is 4. The van der Waals surface area contributed by atoms with Crippen molar-refractivity contribution in [1.29, 1.82) is 10.5 Å². The van der Waals surface area contributed by atoms with Gasteiger partial charge in [-0.2, -0.15) is 10.5 Å². The molecule has 0 aliphatic carbocycles. The molecule has 0 unspecified atom stereocenters. The van der Waals surface area contributed by atoms with E-state index >= 15 is 0 Å². The third-order valence-electron chi connectivity index (χ3n) is 1.40. The minimum atomic E-state index is -0.163. The van der Waals surface area contributed by atoms with E-state index in [1.807, 2.05) is 0 Å². The molecular weight excluding hydrogens is 166 g/mol. The van der Waals surface area contributed by atoms with Crippen molar-refractivity contribution in [2.45, 2.75) is 6.92 Å². The van der Waals surface area contributed by atoms with Crippen molar-refractivity contribution < 1.29 is 0 Å². The highest BCUT2D eigenvalue weighted by Gasteiger charge is 2.01. The zero-order chi connectivity index (χ0) is 10.4. The first-order valence-corrected chi connectivity index (χ1v) is 3.55. The van der Waals surface area contributed by atoms with E-state index in [0.29, 0.717) is 5.84 Å². The van der Waals surface area contributed by atoms with Crippen molar-refractivity contribution in [3.05, 3.63) is 11.4 Å². The van der Waals surface area contributed by atoms with Gasteiger partial charge in [0.1, 0.15) is 23.7 Å². The van der Waals surface area contributed by atoms with Crippen LogP contribution in [0.3, 0.4) is 0 Å². The molecule has 0 aromatic heterocycles. The van der Waals surface area contributed by atoms with Crippen LogP contribution in [0, 0.1) is 22.7 Å². The van der Waals surface area contributed by atoms with Crippen LogP contribution < -0.4 is 5.73 Å². The molecule has 0 aromatic carbocycles. The molecule has 0 amide bonds. The van der Waals surface area contributed by atoms with Gasteiger partial charge in [0.2, 0.25) is 0 Å². The first-order valence-electron chi connectivity index (χ1n) is 3.55. The molecule has 0 fully saturated rings. The van der Waals surface area contributed by atoms with Crippen LogP contribution in [0.15, 0.2) is 16.4 Å². The Bertz CT molecular complexity index is 323. The van der Waals surface area contributed by atoms with Crippen molar-refractivity contribution in [3.63, 3.8) is 0 Å². The number of amidine groups is 1. The van der Waals surface area contributed by atoms with E-state index in [4.69, 9.17) is 16.3 Å². The number of rotatable bonds is 1. The summed E-state index contributed by atoms with van der Waals surface area (Å²) in [6.07, 6.45) is 0. The quantitative estimate of drug-likeness (QED) is 0.351. The Morgan fingerprint density at radius 1 is 1.31 bits per heavy atom. The summed E-state index contributed by atoms with van der Waals surface area (Å²) in [5.41, 5.74) is 5.04. The molecule has 0 aromatic rings. The average Bonchev–Trinajstić information content (AvgIpc) is 2.12. The number of hydrogen-bond donors (Lipinski definition) is 1. The summed E-state index contributed by atoms with van der Waals surface area (Å²) in [4.78, 5) is 5.60. The molecule has 0 saturated carbocycles. The first-order chi connectivity index (χ1) is 6.02. The van der Waals surface area contributed by atoms with Gasteiger partial charge in [0.15, 0.2) is 5.70 Å². The lowest BCUT2D eigenvalue weighted by Crippen LogP contribution is -2.18. The Morgan fingerprint density at radius 3 is 2.15 bits per heavy atom. The molecule has 2 N–H and O–H groups in total. The Labute approximate surface area is 77.4 Å². The minimum Gasteiger partial charge on any atom is -0.388 e. The summed E-state index contributed by atoms with van der Waals surface area (Å²) in [5, 5.41) is 17.0. The van der Waals surface area contributed by atoms with Crippen molar-refractivity contribution in [3.8, 4) is 12.1 Å². The van der Waals surface area contributed by atoms with Gasteiger partial charge in [0.25, 0.3) is 0 Å². The van der Waals surface area contributed by atoms with E-state index < -0.39 is 0 Å². The molecular formula is C8H11N5. The van der Waals surface area contributed by atoms with Crippen LogP contribution in [0.5, 0.6) is 0 Å². The van der Waals surface area contributed by atoms with Gasteiger partial charge in [-0.3, -0.25) is 0 Å². The van der Waals surface area contributed by atoms with Crippen molar-refractivity contribution in [2.75, 3.05) is 14.1 Å². The van der Waals surface area contributed by atoms with Gasteiger partial charge in [-0.1, -0.05) is 0 Å². The molecule has 0 heterocycles. The zero-order valence-corrected chi connectivity index (χ0v) is 7.87. The molecule has 68 valence electrons. The van der Waals surface area contributed by atoms with Gasteiger partial charge < -0.3 is 10.6 Å². The molecule has 0 atom stereocenters. The van der Waals surface area contributed by atoms with Crippen LogP contribution in [-0.2, 0) is 0 Å². The largest absolute Gasteiger partial charge is 0.388 e. The number of aliphatic imine (C=N–C) groups is 1. The molecule has 0 aliphatic heterocycles. The van der Waals surface area contributed by atoms with Gasteiger partial charge in [0, 0.05) is 14.1 Å². The lowest BCUT2D eigenvalue weighted by atomic mass is 10.4. The molecule has 0 saturated heterocycles. The van der Waals surface area contributed by atoms with Crippen molar-refractivity contribution in [2.24, 2.45) is 10.7 Å². The molecule has 0 bridgehead atoms. The molecule has 0 radical (unpaired) electrons. The fourth-order valence-electron chi connectivity index (χ4n) is 0.460. The number of nitrogens with two attached hydrogens (primary N) is 1. The maximum absolute atomic E-state index is 8.59. The maximum Gasteiger partial charge on any atom is 0.176 e. The normalized spacial score (nSPS) is 12.5. The highest BCUT2D eigenvalue weighted by Crippen LogP contribution is 2.00. The summed E-state index contributed by atoms with van der Waals surface area (Å²) in [6.45, 7) is 1.72. The zero-order valence-electron chi connectivity index (χ0n) is 7.87. The van der Waals surface area contributed by atoms with Crippen LogP contribution in [0.25, 0.3) is 0 Å². The van der Waals surface area contributed by atoms with Crippen LogP contribution >= 0.6 is 0 Å². The SMILES string of the molecule is CC(=N/C(C#N)=C(\N)C#N)N(C)C. The third-order valence-corrected chi connectivity index (χ3v) is 1.40. The Morgan fingerprint density at radius 2 is 1.85 bits per heavy atom. The van der Waals surface area contributed by atoms with E-state index in [1.165, 1.54) is 0 Å². The second kappa shape index (κ2) is 4.78. The van der Waals surface area contributed by atoms with E-state index in [2.05, 4.69) is 4.99 Å². The van der Waals surface area contributed by atoms with Crippen LogP contribution in [0.4, 0.5) is 0 Å². The van der Waals surface area contributed by atoms with E-state index in [9.17, 15) is 0 Å². The Kier molecular flexibility index (Phi) is 4.05. The lowest BCUT2D eigenvalue weighted by Gasteiger charge is -2.10. The van der Waals surface area contributed by atoms with E-state index in [1.54, 1.807) is 38.1 Å². The third kappa shape index (κ3) is 3.26. The van der Waals surface area contributed by atoms with Crippen molar-refractivity contribution in [1.82, 2.24) is 4.90 Å². The van der Waals surface area contributed by atoms with Gasteiger partial charge in [-0.25, -0.2) is 4.99 Å². The van der Waals surface area contributed by atoms with Crippen LogP contribution in [0.1, 0.15) is 6.92 Å². The first kappa shape index (κ1) is 11.0. The average molecular weight is 177 g/mol. The number of allylic oxidation sites excluding steroid dienone is 2. The summed E-state index contributed by atoms with van der Waals surface area (Å²) in [6, 6.07) is 3.43. The summed E-state index contributed by atoms with van der Waals surface area (Å²) < 4.78 is 0. The van der Waals surface area contributed by atoms with E-state index in [-0.39, 0.29) is 11.4 Å². The van der Waals surface area contributed by atoms with Gasteiger partial charge in [-0.15, -0.1) is 0 Å². The van der Waals surface area contributed by atoms with Crippen molar-refractivity contribution >= 4 is 5.84 Å². The topological polar surface area (TPSA) is 89.2 Å². The maximum atomic E-state index is 8.59. The molecule has 5 heteroatoms. The predicted molar refractivity (Wildman–Crippen MR) is 49.2 cm³/mol. The summed E-state index contributed by atoms with van der Waals surface area (Å²) in [7, 11) is 3.58. The highest BCUT2D eigenvalue weighted by molar-refractivity contribution is 5.80. The molecule has 13 heavy (non-hydrogen) atoms. The monoisotopic (exact) mass is 177 g/mol. The second-order valence-corrected chi connectivity index (χ2v) is 2.54. The van der Waals surface area contributed by atoms with E-state index in [0.717, 1.165) is 0 Å². The predicted octanol–water partition coefficient (Wildman–Crippen LogP) is 0.184. The Hall–Kier alpha value is -2.01. The molecule has 0 aliphatic rings. The van der Waals surface area contributed by atoms with Crippen LogP contribution in [-0.4, -0.2) is 24.8 Å². The molecule has 0 spiro atoms. The minimum absolute atomic E-state index is 0.0475. The standard InChI is InChI=1S/C8H11N5/c1-6(13(2)3)12-8(5-10)7(11)4-9/h11H2,1-3H3/b8-7-,12-6?. The van der Waals surface area contributed by atoms with Gasteiger partial charge in [-0.05, 0) is 6.92 Å². The van der Waals surface area contributed by atoms with Gasteiger partial charge in [0.05, 0.1) is 0 Å². The van der Waals surface area contributed by atoms with Gasteiger partial charge >= 0.3 is 0 Å². The molecule has 5 nitrogen and oxygen atoms in total. The smallest absolute Gasteiger partial charge is 0.176 e. The fourth-order valence-corrected chi connectivity index (χ4v) is 0.460.